The number of nitrogens with zero attached hydrogens (tertiary/aromatic N) is 3. The number of halogens is 1. The van der Waals surface area contributed by atoms with Gasteiger partial charge in [0.15, 0.2) is 0 Å². The normalized spacial score (nSPS) is 15.0. The minimum absolute atomic E-state index is 0.0315. The van der Waals surface area contributed by atoms with E-state index in [0.717, 1.165) is 0 Å². The number of para-hydroxylation sites is 1. The molecule has 5 nitrogen and oxygen atoms in total. The molecule has 0 spiro atoms. The topological polar surface area (TPSA) is 55.2 Å². The molecular formula is C16H16FN3O2. The van der Waals surface area contributed by atoms with Crippen LogP contribution in [0.1, 0.15) is 12.8 Å². The van der Waals surface area contributed by atoms with Crippen molar-refractivity contribution in [2.45, 2.75) is 19.4 Å². The van der Waals surface area contributed by atoms with Crippen LogP contribution in [-0.2, 0) is 11.3 Å². The molecule has 1 aromatic carbocycles. The third-order valence-electron chi connectivity index (χ3n) is 3.76. The lowest BCUT2D eigenvalue weighted by Gasteiger charge is -2.24. The van der Waals surface area contributed by atoms with Crippen molar-refractivity contribution in [1.29, 1.82) is 0 Å². The number of hydrogen-bond acceptors (Lipinski definition) is 3. The van der Waals surface area contributed by atoms with Gasteiger partial charge in [0.05, 0.1) is 23.8 Å². The minimum Gasteiger partial charge on any atom is -0.336 e. The molecular weight excluding hydrogens is 285 g/mol. The van der Waals surface area contributed by atoms with E-state index in [9.17, 15) is 14.0 Å². The van der Waals surface area contributed by atoms with E-state index in [1.165, 1.54) is 21.9 Å². The first-order valence-corrected chi connectivity index (χ1v) is 7.21. The minimum atomic E-state index is -0.274. The van der Waals surface area contributed by atoms with E-state index in [4.69, 9.17) is 0 Å². The van der Waals surface area contributed by atoms with E-state index in [0.29, 0.717) is 23.9 Å². The number of fused-ring (bicyclic) bond motifs is 1. The van der Waals surface area contributed by atoms with Crippen molar-refractivity contribution >= 4 is 16.8 Å². The molecule has 1 aromatic heterocycles. The maximum absolute atomic E-state index is 13.2. The molecule has 0 fully saturated rings. The van der Waals surface area contributed by atoms with Crippen LogP contribution >= 0.6 is 0 Å². The molecule has 1 aliphatic rings. The molecule has 0 saturated heterocycles. The Morgan fingerprint density at radius 3 is 2.95 bits per heavy atom. The maximum atomic E-state index is 13.2. The molecule has 0 aliphatic carbocycles. The Morgan fingerprint density at radius 2 is 2.14 bits per heavy atom. The van der Waals surface area contributed by atoms with Crippen LogP contribution in [0.3, 0.4) is 0 Å². The fraction of sp³-hybridized carbons (Fsp3) is 0.312. The number of carbonyl (C=O) groups is 1. The molecule has 2 heterocycles. The van der Waals surface area contributed by atoms with Gasteiger partial charge in [-0.15, -0.1) is 0 Å². The SMILES string of the molecule is O=C(CCn1cnc2ccccc2c1=O)N1CCC=C(F)C1. The van der Waals surface area contributed by atoms with Crippen LogP contribution in [0.5, 0.6) is 0 Å². The van der Waals surface area contributed by atoms with Gasteiger partial charge in [0.25, 0.3) is 5.56 Å². The van der Waals surface area contributed by atoms with Crippen molar-refractivity contribution in [1.82, 2.24) is 14.5 Å². The maximum Gasteiger partial charge on any atom is 0.261 e. The first-order valence-electron chi connectivity index (χ1n) is 7.21. The van der Waals surface area contributed by atoms with Gasteiger partial charge in [-0.25, -0.2) is 9.37 Å². The summed E-state index contributed by atoms with van der Waals surface area (Å²) in [5.74, 6) is -0.424. The van der Waals surface area contributed by atoms with E-state index in [1.807, 2.05) is 6.07 Å². The van der Waals surface area contributed by atoms with Crippen molar-refractivity contribution < 1.29 is 9.18 Å². The van der Waals surface area contributed by atoms with Crippen LogP contribution in [0.25, 0.3) is 10.9 Å². The Morgan fingerprint density at radius 1 is 1.32 bits per heavy atom. The van der Waals surface area contributed by atoms with Crippen LogP contribution in [0, 0.1) is 0 Å². The van der Waals surface area contributed by atoms with Gasteiger partial charge in [-0.1, -0.05) is 12.1 Å². The highest BCUT2D eigenvalue weighted by Crippen LogP contribution is 2.12. The van der Waals surface area contributed by atoms with Crippen LogP contribution in [-0.4, -0.2) is 33.4 Å². The molecule has 1 aliphatic heterocycles. The number of amides is 1. The number of rotatable bonds is 3. The van der Waals surface area contributed by atoms with Crippen LogP contribution in [0.4, 0.5) is 4.39 Å². The molecule has 0 unspecified atom stereocenters. The standard InChI is InChI=1S/C16H16FN3O2/c17-12-4-3-8-19(10-12)15(21)7-9-20-11-18-14-6-2-1-5-13(14)16(20)22/h1-2,4-6,11H,3,7-10H2. The number of aryl methyl sites for hydroxylation is 1. The summed E-state index contributed by atoms with van der Waals surface area (Å²) in [6.45, 7) is 0.804. The van der Waals surface area contributed by atoms with Gasteiger partial charge in [-0.2, -0.15) is 0 Å². The molecule has 22 heavy (non-hydrogen) atoms. The third-order valence-corrected chi connectivity index (χ3v) is 3.76. The van der Waals surface area contributed by atoms with E-state index >= 15 is 0 Å². The van der Waals surface area contributed by atoms with E-state index in [-0.39, 0.29) is 36.8 Å². The lowest BCUT2D eigenvalue weighted by Crippen LogP contribution is -2.36. The second kappa shape index (κ2) is 6.09. The Kier molecular flexibility index (Phi) is 4.00. The largest absolute Gasteiger partial charge is 0.336 e. The van der Waals surface area contributed by atoms with Gasteiger partial charge in [0, 0.05) is 19.5 Å². The van der Waals surface area contributed by atoms with Crippen molar-refractivity contribution in [2.24, 2.45) is 0 Å². The Labute approximate surface area is 126 Å². The van der Waals surface area contributed by atoms with E-state index < -0.39 is 0 Å². The monoisotopic (exact) mass is 301 g/mol. The molecule has 0 bridgehead atoms. The van der Waals surface area contributed by atoms with Crippen molar-refractivity contribution in [3.63, 3.8) is 0 Å². The van der Waals surface area contributed by atoms with Gasteiger partial charge in [0.1, 0.15) is 5.83 Å². The molecule has 2 aromatic rings. The fourth-order valence-corrected chi connectivity index (χ4v) is 2.56. The predicted octanol–water partition coefficient (Wildman–Crippen LogP) is 1.87. The molecule has 6 heteroatoms. The van der Waals surface area contributed by atoms with Crippen LogP contribution in [0.15, 0.2) is 47.3 Å². The Balaban J connectivity index is 1.71. The van der Waals surface area contributed by atoms with Crippen molar-refractivity contribution in [3.05, 3.63) is 52.8 Å². The summed E-state index contributed by atoms with van der Waals surface area (Å²) >= 11 is 0. The van der Waals surface area contributed by atoms with Gasteiger partial charge in [-0.05, 0) is 24.6 Å². The van der Waals surface area contributed by atoms with Crippen molar-refractivity contribution in [3.8, 4) is 0 Å². The molecule has 114 valence electrons. The summed E-state index contributed by atoms with van der Waals surface area (Å²) in [7, 11) is 0. The first kappa shape index (κ1) is 14.4. The predicted molar refractivity (Wildman–Crippen MR) is 81.0 cm³/mol. The first-order chi connectivity index (χ1) is 10.6. The molecule has 0 saturated carbocycles. The zero-order valence-corrected chi connectivity index (χ0v) is 12.0. The third kappa shape index (κ3) is 2.90. The number of aromatic nitrogens is 2. The summed E-state index contributed by atoms with van der Waals surface area (Å²) in [6.07, 6.45) is 3.65. The highest BCUT2D eigenvalue weighted by Gasteiger charge is 2.18. The summed E-state index contributed by atoms with van der Waals surface area (Å²) in [5.41, 5.74) is 0.474. The molecule has 1 amide bonds. The van der Waals surface area contributed by atoms with Crippen LogP contribution < -0.4 is 5.56 Å². The number of benzene rings is 1. The summed E-state index contributed by atoms with van der Waals surface area (Å²) in [4.78, 5) is 30.1. The summed E-state index contributed by atoms with van der Waals surface area (Å²) in [5, 5.41) is 0.532. The summed E-state index contributed by atoms with van der Waals surface area (Å²) < 4.78 is 14.6. The van der Waals surface area contributed by atoms with Crippen molar-refractivity contribution in [2.75, 3.05) is 13.1 Å². The lowest BCUT2D eigenvalue weighted by atomic mass is 10.2. The summed E-state index contributed by atoms with van der Waals surface area (Å²) in [6, 6.07) is 7.09. The van der Waals surface area contributed by atoms with Gasteiger partial charge in [0.2, 0.25) is 5.91 Å². The molecule has 0 radical (unpaired) electrons. The molecule has 3 rings (SSSR count). The van der Waals surface area contributed by atoms with Gasteiger partial charge in [-0.3, -0.25) is 14.2 Å². The zero-order chi connectivity index (χ0) is 15.5. The quantitative estimate of drug-likeness (QED) is 0.869. The highest BCUT2D eigenvalue weighted by molar-refractivity contribution is 5.77. The second-order valence-electron chi connectivity index (χ2n) is 5.27. The lowest BCUT2D eigenvalue weighted by molar-refractivity contribution is -0.131. The number of carbonyl (C=O) groups excluding carboxylic acids is 1. The average molecular weight is 301 g/mol. The van der Waals surface area contributed by atoms with Gasteiger partial charge < -0.3 is 4.90 Å². The molecule has 0 N–H and O–H groups in total. The number of hydrogen-bond donors (Lipinski definition) is 0. The van der Waals surface area contributed by atoms with Gasteiger partial charge >= 0.3 is 0 Å². The fourth-order valence-electron chi connectivity index (χ4n) is 2.56. The zero-order valence-electron chi connectivity index (χ0n) is 12.0. The molecule has 0 atom stereocenters. The highest BCUT2D eigenvalue weighted by atomic mass is 19.1. The van der Waals surface area contributed by atoms with Crippen LogP contribution in [0.2, 0.25) is 0 Å². The smallest absolute Gasteiger partial charge is 0.261 e. The Hall–Kier alpha value is -2.50. The Bertz CT molecular complexity index is 797. The van der Waals surface area contributed by atoms with E-state index in [2.05, 4.69) is 4.98 Å². The van der Waals surface area contributed by atoms with E-state index in [1.54, 1.807) is 18.2 Å². The second-order valence-corrected chi connectivity index (χ2v) is 5.27. The average Bonchev–Trinajstić information content (AvgIpc) is 2.54.